The average Bonchev–Trinajstić information content (AvgIpc) is 2.99. The zero-order valence-corrected chi connectivity index (χ0v) is 11.2. The Kier molecular flexibility index (Phi) is 3.71. The molecule has 0 N–H and O–H groups in total. The molecule has 0 aliphatic carbocycles. The van der Waals surface area contributed by atoms with Gasteiger partial charge in [0.05, 0.1) is 0 Å². The van der Waals surface area contributed by atoms with Crippen molar-refractivity contribution in [2.24, 2.45) is 0 Å². The smallest absolute Gasteiger partial charge is 0.329 e. The van der Waals surface area contributed by atoms with Crippen molar-refractivity contribution in [3.8, 4) is 11.4 Å². The van der Waals surface area contributed by atoms with Crippen LogP contribution in [0.3, 0.4) is 0 Å². The van der Waals surface area contributed by atoms with E-state index in [2.05, 4.69) is 14.7 Å². The van der Waals surface area contributed by atoms with Crippen LogP contribution in [0.4, 0.5) is 13.2 Å². The second kappa shape index (κ2) is 5.67. The minimum Gasteiger partial charge on any atom is -0.329 e. The molecule has 0 saturated heterocycles. The fraction of sp³-hybridized carbons (Fsp3) is 0.0667. The van der Waals surface area contributed by atoms with E-state index in [0.717, 1.165) is 10.9 Å². The molecule has 0 fully saturated rings. The molecule has 109 valence electrons. The lowest BCUT2D eigenvalue weighted by molar-refractivity contribution is -0.159. The van der Waals surface area contributed by atoms with Gasteiger partial charge in [-0.3, -0.25) is 0 Å². The van der Waals surface area contributed by atoms with Crippen molar-refractivity contribution in [2.75, 3.05) is 0 Å². The first-order chi connectivity index (χ1) is 10.5. The molecule has 0 bridgehead atoms. The summed E-state index contributed by atoms with van der Waals surface area (Å²) in [4.78, 5) is 3.35. The Morgan fingerprint density at radius 1 is 0.864 bits per heavy atom. The van der Waals surface area contributed by atoms with Gasteiger partial charge >= 0.3 is 12.1 Å². The summed E-state index contributed by atoms with van der Waals surface area (Å²) in [6.45, 7) is 0. The van der Waals surface area contributed by atoms with Gasteiger partial charge in [-0.2, -0.15) is 18.2 Å². The third-order valence-corrected chi connectivity index (χ3v) is 2.97. The molecule has 1 radical (unpaired) electrons. The predicted molar refractivity (Wildman–Crippen MR) is 76.2 cm³/mol. The molecule has 0 spiro atoms. The average molecular weight is 301 g/mol. The number of hydrogen-bond donors (Lipinski definition) is 0. The van der Waals surface area contributed by atoms with Crippen molar-refractivity contribution >= 4 is 18.2 Å². The first kappa shape index (κ1) is 14.4. The molecule has 1 heterocycles. The zero-order chi connectivity index (χ0) is 15.6. The molecule has 3 rings (SSSR count). The zero-order valence-electron chi connectivity index (χ0n) is 11.2. The molecule has 2 aromatic carbocycles. The number of rotatable bonds is 3. The SMILES string of the molecule is FC(F)(F)c1nc(-c2ccc([B]c3ccccc3)cc2)no1. The molecular formula is C15H9BF3N2O. The first-order valence-corrected chi connectivity index (χ1v) is 6.43. The van der Waals surface area contributed by atoms with Crippen molar-refractivity contribution in [1.29, 1.82) is 0 Å². The normalized spacial score (nSPS) is 11.4. The summed E-state index contributed by atoms with van der Waals surface area (Å²) in [7, 11) is 1.96. The first-order valence-electron chi connectivity index (χ1n) is 6.43. The van der Waals surface area contributed by atoms with E-state index in [1.807, 2.05) is 37.6 Å². The van der Waals surface area contributed by atoms with Gasteiger partial charge in [0.25, 0.3) is 0 Å². The topological polar surface area (TPSA) is 38.9 Å². The summed E-state index contributed by atoms with van der Waals surface area (Å²) >= 11 is 0. The van der Waals surface area contributed by atoms with Crippen molar-refractivity contribution in [3.63, 3.8) is 0 Å². The molecule has 0 amide bonds. The van der Waals surface area contributed by atoms with E-state index in [4.69, 9.17) is 0 Å². The van der Waals surface area contributed by atoms with Crippen LogP contribution in [-0.4, -0.2) is 17.4 Å². The van der Waals surface area contributed by atoms with Gasteiger partial charge < -0.3 is 4.52 Å². The van der Waals surface area contributed by atoms with Crippen LogP contribution in [0.15, 0.2) is 59.1 Å². The number of benzene rings is 2. The predicted octanol–water partition coefficient (Wildman–Crippen LogP) is 2.41. The van der Waals surface area contributed by atoms with Gasteiger partial charge in [-0.25, -0.2) is 0 Å². The molecular weight excluding hydrogens is 292 g/mol. The lowest BCUT2D eigenvalue weighted by Crippen LogP contribution is -2.26. The van der Waals surface area contributed by atoms with Crippen LogP contribution in [0.2, 0.25) is 0 Å². The summed E-state index contributed by atoms with van der Waals surface area (Å²) in [5, 5.41) is 3.35. The minimum absolute atomic E-state index is 0.0846. The van der Waals surface area contributed by atoms with E-state index in [9.17, 15) is 13.2 Å². The summed E-state index contributed by atoms with van der Waals surface area (Å²) in [5.74, 6) is -1.43. The van der Waals surface area contributed by atoms with Crippen LogP contribution in [0.1, 0.15) is 5.89 Å². The van der Waals surface area contributed by atoms with Gasteiger partial charge in [0.2, 0.25) is 5.82 Å². The molecule has 0 atom stereocenters. The molecule has 3 aromatic rings. The lowest BCUT2D eigenvalue weighted by Gasteiger charge is -2.01. The third kappa shape index (κ3) is 3.19. The van der Waals surface area contributed by atoms with Crippen LogP contribution in [0.25, 0.3) is 11.4 Å². The van der Waals surface area contributed by atoms with Crippen LogP contribution in [-0.2, 0) is 6.18 Å². The monoisotopic (exact) mass is 301 g/mol. The fourth-order valence-electron chi connectivity index (χ4n) is 1.93. The molecule has 1 aromatic heterocycles. The Hall–Kier alpha value is -2.57. The largest absolute Gasteiger partial charge is 0.471 e. The summed E-state index contributed by atoms with van der Waals surface area (Å²) < 4.78 is 41.5. The fourth-order valence-corrected chi connectivity index (χ4v) is 1.93. The highest BCUT2D eigenvalue weighted by atomic mass is 19.4. The Balaban J connectivity index is 1.78. The van der Waals surface area contributed by atoms with Crippen molar-refractivity contribution in [1.82, 2.24) is 10.1 Å². The summed E-state index contributed by atoms with van der Waals surface area (Å²) in [5.41, 5.74) is 2.42. The molecule has 0 saturated carbocycles. The standard InChI is InChI=1S/C15H9BF3N2O/c17-15(18,19)14-20-13(21-22-14)10-6-8-12(9-7-10)16-11-4-2-1-3-5-11/h1-9H. The maximum Gasteiger partial charge on any atom is 0.471 e. The van der Waals surface area contributed by atoms with E-state index in [1.165, 1.54) is 0 Å². The van der Waals surface area contributed by atoms with E-state index < -0.39 is 12.1 Å². The minimum atomic E-state index is -4.63. The van der Waals surface area contributed by atoms with Gasteiger partial charge in [0, 0.05) is 5.56 Å². The van der Waals surface area contributed by atoms with E-state index in [1.54, 1.807) is 24.3 Å². The number of alkyl halides is 3. The Morgan fingerprint density at radius 3 is 2.09 bits per heavy atom. The Bertz CT molecular complexity index is 754. The highest BCUT2D eigenvalue weighted by Crippen LogP contribution is 2.29. The lowest BCUT2D eigenvalue weighted by atomic mass is 9.64. The van der Waals surface area contributed by atoms with Gasteiger partial charge in [-0.1, -0.05) is 70.7 Å². The van der Waals surface area contributed by atoms with E-state index in [0.29, 0.717) is 5.56 Å². The van der Waals surface area contributed by atoms with Crippen LogP contribution >= 0.6 is 0 Å². The Morgan fingerprint density at radius 2 is 1.50 bits per heavy atom. The second-order valence-corrected chi connectivity index (χ2v) is 4.60. The van der Waals surface area contributed by atoms with Crippen LogP contribution in [0, 0.1) is 0 Å². The van der Waals surface area contributed by atoms with Crippen LogP contribution < -0.4 is 10.9 Å². The molecule has 0 aliphatic heterocycles. The van der Waals surface area contributed by atoms with Crippen molar-refractivity contribution < 1.29 is 17.7 Å². The quantitative estimate of drug-likeness (QED) is 0.697. The Labute approximate surface area is 125 Å². The van der Waals surface area contributed by atoms with Gasteiger partial charge in [0.15, 0.2) is 7.28 Å². The molecule has 3 nitrogen and oxygen atoms in total. The number of nitrogens with zero attached hydrogens (tertiary/aromatic N) is 2. The highest BCUT2D eigenvalue weighted by molar-refractivity contribution is 6.67. The molecule has 0 aliphatic rings. The molecule has 22 heavy (non-hydrogen) atoms. The number of halogens is 3. The maximum absolute atomic E-state index is 12.4. The highest BCUT2D eigenvalue weighted by Gasteiger charge is 2.38. The van der Waals surface area contributed by atoms with Crippen LogP contribution in [0.5, 0.6) is 0 Å². The molecule has 0 unspecified atom stereocenters. The summed E-state index contributed by atoms with van der Waals surface area (Å²) in [6, 6.07) is 16.6. The summed E-state index contributed by atoms with van der Waals surface area (Å²) in [6.07, 6.45) is -4.63. The van der Waals surface area contributed by atoms with E-state index >= 15 is 0 Å². The number of hydrogen-bond acceptors (Lipinski definition) is 3. The van der Waals surface area contributed by atoms with E-state index in [-0.39, 0.29) is 5.82 Å². The number of aromatic nitrogens is 2. The van der Waals surface area contributed by atoms with Gasteiger partial charge in [-0.15, -0.1) is 0 Å². The second-order valence-electron chi connectivity index (χ2n) is 4.60. The van der Waals surface area contributed by atoms with Crippen molar-refractivity contribution in [3.05, 3.63) is 60.5 Å². The van der Waals surface area contributed by atoms with Crippen molar-refractivity contribution in [2.45, 2.75) is 6.18 Å². The maximum atomic E-state index is 12.4. The molecule has 7 heteroatoms. The van der Waals surface area contributed by atoms with Gasteiger partial charge in [0.1, 0.15) is 0 Å². The third-order valence-electron chi connectivity index (χ3n) is 2.97. The van der Waals surface area contributed by atoms with Gasteiger partial charge in [-0.05, 0) is 0 Å².